The number of benzene rings is 1. The van der Waals surface area contributed by atoms with Crippen LogP contribution < -0.4 is 14.8 Å². The van der Waals surface area contributed by atoms with Crippen molar-refractivity contribution in [2.45, 2.75) is 17.9 Å². The summed E-state index contributed by atoms with van der Waals surface area (Å²) in [4.78, 5) is 21.3. The fourth-order valence-corrected chi connectivity index (χ4v) is 4.62. The summed E-state index contributed by atoms with van der Waals surface area (Å²) in [6.45, 7) is 3.07. The summed E-state index contributed by atoms with van der Waals surface area (Å²) in [7, 11) is 2.10. The molecule has 132 valence electrons. The van der Waals surface area contributed by atoms with E-state index < -0.39 is 0 Å². The van der Waals surface area contributed by atoms with Crippen LogP contribution in [-0.2, 0) is 17.8 Å². The summed E-state index contributed by atoms with van der Waals surface area (Å²) in [6, 6.07) is 5.76. The van der Waals surface area contributed by atoms with Crippen molar-refractivity contribution in [2.24, 2.45) is 0 Å². The normalized spacial score (nSPS) is 16.4. The standard InChI is InChI=1S/C17H19N3O3S2/c1-20-5-4-12-15(9-20)25-17(18-12)19-16(21)10-24-11-2-3-13-14(8-11)23-7-6-22-13/h2-3,8H,4-7,9-10H2,1H3,(H,18,19,21). The van der Waals surface area contributed by atoms with Crippen molar-refractivity contribution in [3.8, 4) is 11.5 Å². The molecule has 2 aromatic rings. The van der Waals surface area contributed by atoms with E-state index in [9.17, 15) is 4.79 Å². The predicted molar refractivity (Wildman–Crippen MR) is 98.9 cm³/mol. The van der Waals surface area contributed by atoms with Crippen LogP contribution in [0.2, 0.25) is 0 Å². The van der Waals surface area contributed by atoms with Gasteiger partial charge in [-0.1, -0.05) is 0 Å². The zero-order chi connectivity index (χ0) is 17.2. The van der Waals surface area contributed by atoms with Crippen molar-refractivity contribution >= 4 is 34.1 Å². The first-order valence-corrected chi connectivity index (χ1v) is 9.97. The van der Waals surface area contributed by atoms with Gasteiger partial charge in [-0.3, -0.25) is 4.79 Å². The highest BCUT2D eigenvalue weighted by Gasteiger charge is 2.19. The van der Waals surface area contributed by atoms with Crippen LogP contribution in [0.25, 0.3) is 0 Å². The minimum atomic E-state index is -0.0423. The number of nitrogens with zero attached hydrogens (tertiary/aromatic N) is 2. The van der Waals surface area contributed by atoms with Crippen LogP contribution in [0.3, 0.4) is 0 Å². The van der Waals surface area contributed by atoms with Crippen LogP contribution >= 0.6 is 23.1 Å². The molecule has 0 fully saturated rings. The minimum Gasteiger partial charge on any atom is -0.486 e. The highest BCUT2D eigenvalue weighted by atomic mass is 32.2. The Morgan fingerprint density at radius 1 is 1.36 bits per heavy atom. The topological polar surface area (TPSA) is 63.7 Å². The van der Waals surface area contributed by atoms with Gasteiger partial charge in [0.15, 0.2) is 16.6 Å². The van der Waals surface area contributed by atoms with Gasteiger partial charge in [-0.2, -0.15) is 0 Å². The number of amides is 1. The monoisotopic (exact) mass is 377 g/mol. The fraction of sp³-hybridized carbons (Fsp3) is 0.412. The van der Waals surface area contributed by atoms with E-state index in [1.165, 1.54) is 16.6 Å². The SMILES string of the molecule is CN1CCc2nc(NC(=O)CSc3ccc4c(c3)OCCO4)sc2C1. The van der Waals surface area contributed by atoms with Crippen molar-refractivity contribution in [3.63, 3.8) is 0 Å². The van der Waals surface area contributed by atoms with Gasteiger partial charge in [-0.05, 0) is 25.2 Å². The maximum absolute atomic E-state index is 12.2. The van der Waals surface area contributed by atoms with Crippen LogP contribution in [0.4, 0.5) is 5.13 Å². The van der Waals surface area contributed by atoms with Gasteiger partial charge in [-0.25, -0.2) is 4.98 Å². The van der Waals surface area contributed by atoms with Gasteiger partial charge in [0.1, 0.15) is 13.2 Å². The number of anilines is 1. The van der Waals surface area contributed by atoms with Gasteiger partial charge >= 0.3 is 0 Å². The third kappa shape index (κ3) is 3.91. The van der Waals surface area contributed by atoms with Crippen LogP contribution in [0.1, 0.15) is 10.6 Å². The molecule has 0 atom stereocenters. The van der Waals surface area contributed by atoms with Crippen molar-refractivity contribution in [1.82, 2.24) is 9.88 Å². The molecule has 0 aliphatic carbocycles. The number of likely N-dealkylation sites (N-methyl/N-ethyl adjacent to an activating group) is 1. The van der Waals surface area contributed by atoms with Crippen molar-refractivity contribution in [1.29, 1.82) is 0 Å². The van der Waals surface area contributed by atoms with E-state index in [2.05, 4.69) is 22.2 Å². The third-order valence-electron chi connectivity index (χ3n) is 4.05. The molecule has 1 amide bonds. The van der Waals surface area contributed by atoms with E-state index in [-0.39, 0.29) is 5.91 Å². The summed E-state index contributed by atoms with van der Waals surface area (Å²) < 4.78 is 11.1. The number of hydrogen-bond donors (Lipinski definition) is 1. The molecule has 0 spiro atoms. The molecule has 3 heterocycles. The molecule has 0 saturated heterocycles. The number of carbonyl (C=O) groups excluding carboxylic acids is 1. The first-order valence-electron chi connectivity index (χ1n) is 8.17. The van der Waals surface area contributed by atoms with Crippen LogP contribution in [-0.4, -0.2) is 48.4 Å². The van der Waals surface area contributed by atoms with Gasteiger partial charge in [0.25, 0.3) is 0 Å². The smallest absolute Gasteiger partial charge is 0.236 e. The summed E-state index contributed by atoms with van der Waals surface area (Å²) in [5.74, 6) is 1.80. The maximum atomic E-state index is 12.2. The first-order chi connectivity index (χ1) is 12.2. The molecule has 2 aliphatic heterocycles. The van der Waals surface area contributed by atoms with E-state index in [1.54, 1.807) is 11.3 Å². The van der Waals surface area contributed by atoms with Crippen molar-refractivity contribution < 1.29 is 14.3 Å². The lowest BCUT2D eigenvalue weighted by Crippen LogP contribution is -2.25. The van der Waals surface area contributed by atoms with E-state index in [0.717, 1.165) is 41.6 Å². The minimum absolute atomic E-state index is 0.0423. The molecular weight excluding hydrogens is 358 g/mol. The average Bonchev–Trinajstić information content (AvgIpc) is 3.01. The largest absolute Gasteiger partial charge is 0.486 e. The fourth-order valence-electron chi connectivity index (χ4n) is 2.79. The molecule has 25 heavy (non-hydrogen) atoms. The molecule has 0 radical (unpaired) electrons. The van der Waals surface area contributed by atoms with Gasteiger partial charge in [-0.15, -0.1) is 23.1 Å². The van der Waals surface area contributed by atoms with Crippen molar-refractivity contribution in [3.05, 3.63) is 28.8 Å². The number of hydrogen-bond acceptors (Lipinski definition) is 7. The Labute approximate surface area is 154 Å². The van der Waals surface area contributed by atoms with Crippen LogP contribution in [0, 0.1) is 0 Å². The van der Waals surface area contributed by atoms with Crippen molar-refractivity contribution in [2.75, 3.05) is 37.9 Å². The zero-order valence-corrected chi connectivity index (χ0v) is 15.5. The summed E-state index contributed by atoms with van der Waals surface area (Å²) in [5, 5.41) is 3.62. The van der Waals surface area contributed by atoms with Gasteiger partial charge < -0.3 is 19.7 Å². The number of nitrogens with one attached hydrogen (secondary N) is 1. The second kappa shape index (κ2) is 7.23. The molecule has 8 heteroatoms. The van der Waals surface area contributed by atoms with E-state index in [0.29, 0.717) is 24.1 Å². The molecule has 1 aromatic carbocycles. The number of thioether (sulfide) groups is 1. The Bertz CT molecular complexity index is 793. The number of thiazole rings is 1. The molecule has 6 nitrogen and oxygen atoms in total. The predicted octanol–water partition coefficient (Wildman–Crippen LogP) is 2.63. The second-order valence-corrected chi connectivity index (χ2v) is 8.15. The molecule has 0 saturated carbocycles. The summed E-state index contributed by atoms with van der Waals surface area (Å²) in [6.07, 6.45) is 0.949. The summed E-state index contributed by atoms with van der Waals surface area (Å²) in [5.41, 5.74) is 1.12. The third-order valence-corrected chi connectivity index (χ3v) is 6.04. The lowest BCUT2D eigenvalue weighted by Gasteiger charge is -2.20. The molecular formula is C17H19N3O3S2. The highest BCUT2D eigenvalue weighted by molar-refractivity contribution is 8.00. The van der Waals surface area contributed by atoms with Crippen LogP contribution in [0.15, 0.2) is 23.1 Å². The first kappa shape index (κ1) is 16.7. The average molecular weight is 377 g/mol. The molecule has 1 aromatic heterocycles. The quantitative estimate of drug-likeness (QED) is 0.827. The summed E-state index contributed by atoms with van der Waals surface area (Å²) >= 11 is 3.05. The van der Waals surface area contributed by atoms with E-state index >= 15 is 0 Å². The zero-order valence-electron chi connectivity index (χ0n) is 13.9. The molecule has 4 rings (SSSR count). The number of ether oxygens (including phenoxy) is 2. The maximum Gasteiger partial charge on any atom is 0.236 e. The van der Waals surface area contributed by atoms with E-state index in [1.807, 2.05) is 18.2 Å². The number of rotatable bonds is 4. The Hall–Kier alpha value is -1.77. The Kier molecular flexibility index (Phi) is 4.82. The Morgan fingerprint density at radius 2 is 2.20 bits per heavy atom. The Balaban J connectivity index is 1.33. The molecule has 0 bridgehead atoms. The van der Waals surface area contributed by atoms with Gasteiger partial charge in [0.05, 0.1) is 11.4 Å². The van der Waals surface area contributed by atoms with Gasteiger partial charge in [0.2, 0.25) is 5.91 Å². The number of carbonyl (C=O) groups is 1. The lowest BCUT2D eigenvalue weighted by molar-refractivity contribution is -0.113. The molecule has 2 aliphatic rings. The van der Waals surface area contributed by atoms with E-state index in [4.69, 9.17) is 9.47 Å². The highest BCUT2D eigenvalue weighted by Crippen LogP contribution is 2.34. The Morgan fingerprint density at radius 3 is 3.08 bits per heavy atom. The lowest BCUT2D eigenvalue weighted by atomic mass is 10.2. The number of fused-ring (bicyclic) bond motifs is 2. The van der Waals surface area contributed by atoms with Gasteiger partial charge in [0, 0.05) is 29.3 Å². The molecule has 1 N–H and O–H groups in total. The van der Waals surface area contributed by atoms with Crippen LogP contribution in [0.5, 0.6) is 11.5 Å². The second-order valence-electron chi connectivity index (χ2n) is 6.02. The number of aromatic nitrogens is 1. The molecule has 0 unspecified atom stereocenters.